The number of aromatic nitrogens is 2. The topological polar surface area (TPSA) is 74.2 Å². The second kappa shape index (κ2) is 6.05. The zero-order valence-electron chi connectivity index (χ0n) is 13.2. The largest absolute Gasteiger partial charge is 0.367 e. The first kappa shape index (κ1) is 15.0. The molecule has 2 saturated carbocycles. The van der Waals surface area contributed by atoms with Gasteiger partial charge in [-0.05, 0) is 57.3 Å². The van der Waals surface area contributed by atoms with E-state index < -0.39 is 0 Å². The second-order valence-electron chi connectivity index (χ2n) is 6.83. The summed E-state index contributed by atoms with van der Waals surface area (Å²) in [5.74, 6) is 2.81. The Bertz CT molecular complexity index is 462. The highest BCUT2D eigenvalue weighted by atomic mass is 16.5. The van der Waals surface area contributed by atoms with Gasteiger partial charge in [0.25, 0.3) is 0 Å². The molecule has 1 aromatic rings. The summed E-state index contributed by atoms with van der Waals surface area (Å²) < 4.78 is 11.5. The van der Waals surface area contributed by atoms with Crippen molar-refractivity contribution < 1.29 is 9.26 Å². The van der Waals surface area contributed by atoms with Gasteiger partial charge in [0, 0.05) is 19.1 Å². The van der Waals surface area contributed by atoms with E-state index in [0.29, 0.717) is 24.8 Å². The molecule has 2 N–H and O–H groups in total. The molecule has 1 unspecified atom stereocenters. The van der Waals surface area contributed by atoms with Crippen molar-refractivity contribution in [3.8, 4) is 0 Å². The van der Waals surface area contributed by atoms with Crippen molar-refractivity contribution in [3.05, 3.63) is 11.7 Å². The van der Waals surface area contributed by atoms with Crippen LogP contribution in [0, 0.1) is 11.8 Å². The number of hydrogen-bond donors (Lipinski definition) is 1. The third-order valence-electron chi connectivity index (χ3n) is 5.02. The molecule has 3 rings (SSSR count). The summed E-state index contributed by atoms with van der Waals surface area (Å²) in [6, 6.07) is 0.160. The molecule has 1 heterocycles. The maximum Gasteiger partial charge on any atom is 0.228 e. The van der Waals surface area contributed by atoms with Crippen LogP contribution in [-0.4, -0.2) is 22.8 Å². The molecule has 0 bridgehead atoms. The van der Waals surface area contributed by atoms with Crippen LogP contribution >= 0.6 is 0 Å². The van der Waals surface area contributed by atoms with Crippen LogP contribution in [0.3, 0.4) is 0 Å². The minimum atomic E-state index is -0.341. The predicted molar refractivity (Wildman–Crippen MR) is 79.6 cm³/mol. The van der Waals surface area contributed by atoms with Crippen molar-refractivity contribution in [1.29, 1.82) is 0 Å². The molecule has 1 aromatic heterocycles. The lowest BCUT2D eigenvalue weighted by Crippen LogP contribution is -2.35. The Morgan fingerprint density at radius 2 is 2.05 bits per heavy atom. The summed E-state index contributed by atoms with van der Waals surface area (Å²) in [5, 5.41) is 4.22. The first-order valence-electron chi connectivity index (χ1n) is 8.35. The molecular formula is C16H27N3O2. The predicted octanol–water partition coefficient (Wildman–Crippen LogP) is 2.79. The third kappa shape index (κ3) is 3.29. The van der Waals surface area contributed by atoms with Crippen LogP contribution in [0.1, 0.15) is 64.1 Å². The molecule has 0 aliphatic heterocycles. The Kier molecular flexibility index (Phi) is 4.31. The zero-order valence-corrected chi connectivity index (χ0v) is 13.2. The van der Waals surface area contributed by atoms with E-state index >= 15 is 0 Å². The molecule has 21 heavy (non-hydrogen) atoms. The number of rotatable bonds is 6. The fraction of sp³-hybridized carbons (Fsp3) is 0.875. The van der Waals surface area contributed by atoms with Crippen molar-refractivity contribution >= 4 is 0 Å². The van der Waals surface area contributed by atoms with Crippen LogP contribution in [0.4, 0.5) is 0 Å². The first-order valence-corrected chi connectivity index (χ1v) is 8.35. The van der Waals surface area contributed by atoms with Crippen molar-refractivity contribution in [1.82, 2.24) is 10.1 Å². The van der Waals surface area contributed by atoms with Gasteiger partial charge in [-0.25, -0.2) is 0 Å². The van der Waals surface area contributed by atoms with Crippen LogP contribution < -0.4 is 5.73 Å². The van der Waals surface area contributed by atoms with E-state index in [9.17, 15) is 0 Å². The standard InChI is InChI=1S/C16H27N3O2/c1-3-20-16(8-6-11(2)7-9-16)15-18-14(21-19-15)10-13(17)12-4-5-12/h11-13H,3-10,17H2,1-2H3. The maximum absolute atomic E-state index is 6.15. The smallest absolute Gasteiger partial charge is 0.228 e. The number of nitrogens with zero attached hydrogens (tertiary/aromatic N) is 2. The van der Waals surface area contributed by atoms with Crippen LogP contribution in [0.2, 0.25) is 0 Å². The van der Waals surface area contributed by atoms with E-state index in [2.05, 4.69) is 17.1 Å². The molecule has 2 fully saturated rings. The minimum Gasteiger partial charge on any atom is -0.367 e. The van der Waals surface area contributed by atoms with Gasteiger partial charge in [0.1, 0.15) is 5.60 Å². The summed E-state index contributed by atoms with van der Waals surface area (Å²) in [6.45, 7) is 5.01. The highest BCUT2D eigenvalue weighted by Crippen LogP contribution is 2.41. The number of nitrogens with two attached hydrogens (primary N) is 1. The summed E-state index contributed by atoms with van der Waals surface area (Å²) in [5.41, 5.74) is 5.81. The average molecular weight is 293 g/mol. The average Bonchev–Trinajstić information content (AvgIpc) is 3.22. The van der Waals surface area contributed by atoms with E-state index in [-0.39, 0.29) is 11.6 Å². The van der Waals surface area contributed by atoms with Crippen LogP contribution in [0.15, 0.2) is 4.52 Å². The third-order valence-corrected chi connectivity index (χ3v) is 5.02. The number of hydrogen-bond acceptors (Lipinski definition) is 5. The molecular weight excluding hydrogens is 266 g/mol. The molecule has 0 saturated heterocycles. The lowest BCUT2D eigenvalue weighted by atomic mass is 9.79. The highest BCUT2D eigenvalue weighted by molar-refractivity contribution is 5.05. The van der Waals surface area contributed by atoms with Crippen molar-refractivity contribution in [2.75, 3.05) is 6.61 Å². The van der Waals surface area contributed by atoms with Crippen LogP contribution in [0.5, 0.6) is 0 Å². The maximum atomic E-state index is 6.15. The molecule has 0 amide bonds. The Morgan fingerprint density at radius 3 is 2.67 bits per heavy atom. The first-order chi connectivity index (χ1) is 10.1. The van der Waals surface area contributed by atoms with Gasteiger partial charge in [0.2, 0.25) is 11.7 Å². The van der Waals surface area contributed by atoms with Gasteiger partial charge in [-0.1, -0.05) is 12.1 Å². The van der Waals surface area contributed by atoms with E-state index in [1.807, 2.05) is 6.92 Å². The van der Waals surface area contributed by atoms with Gasteiger partial charge < -0.3 is 15.0 Å². The van der Waals surface area contributed by atoms with Crippen LogP contribution in [-0.2, 0) is 16.8 Å². The molecule has 0 radical (unpaired) electrons. The monoisotopic (exact) mass is 293 g/mol. The molecule has 1 atom stereocenters. The molecule has 5 nitrogen and oxygen atoms in total. The quantitative estimate of drug-likeness (QED) is 0.873. The van der Waals surface area contributed by atoms with E-state index in [4.69, 9.17) is 15.0 Å². The number of ether oxygens (including phenoxy) is 1. The molecule has 2 aliphatic rings. The Morgan fingerprint density at radius 1 is 1.33 bits per heavy atom. The van der Waals surface area contributed by atoms with Gasteiger partial charge in [0.15, 0.2) is 0 Å². The van der Waals surface area contributed by atoms with E-state index in [0.717, 1.165) is 37.4 Å². The SMILES string of the molecule is CCOC1(c2noc(CC(N)C3CC3)n2)CCC(C)CC1. The summed E-state index contributed by atoms with van der Waals surface area (Å²) >= 11 is 0. The lowest BCUT2D eigenvalue weighted by molar-refractivity contribution is -0.0847. The molecule has 0 aromatic carbocycles. The van der Waals surface area contributed by atoms with Crippen molar-refractivity contribution in [3.63, 3.8) is 0 Å². The van der Waals surface area contributed by atoms with Crippen LogP contribution in [0.25, 0.3) is 0 Å². The van der Waals surface area contributed by atoms with E-state index in [1.165, 1.54) is 12.8 Å². The van der Waals surface area contributed by atoms with Crippen molar-refractivity contribution in [2.24, 2.45) is 17.6 Å². The minimum absolute atomic E-state index is 0.160. The summed E-state index contributed by atoms with van der Waals surface area (Å²) in [6.07, 6.45) is 7.45. The normalized spacial score (nSPS) is 31.3. The Hall–Kier alpha value is -0.940. The zero-order chi connectivity index (χ0) is 14.9. The Labute approximate surface area is 126 Å². The summed E-state index contributed by atoms with van der Waals surface area (Å²) in [7, 11) is 0. The van der Waals surface area contributed by atoms with Gasteiger partial charge in [-0.15, -0.1) is 0 Å². The van der Waals surface area contributed by atoms with Gasteiger partial charge in [-0.3, -0.25) is 0 Å². The lowest BCUT2D eigenvalue weighted by Gasteiger charge is -2.36. The Balaban J connectivity index is 1.72. The fourth-order valence-corrected chi connectivity index (χ4v) is 3.35. The van der Waals surface area contributed by atoms with Gasteiger partial charge >= 0.3 is 0 Å². The fourth-order valence-electron chi connectivity index (χ4n) is 3.35. The molecule has 2 aliphatic carbocycles. The molecule has 0 spiro atoms. The van der Waals surface area contributed by atoms with Gasteiger partial charge in [-0.2, -0.15) is 4.98 Å². The summed E-state index contributed by atoms with van der Waals surface area (Å²) in [4.78, 5) is 4.62. The molecule has 5 heteroatoms. The van der Waals surface area contributed by atoms with Gasteiger partial charge in [0.05, 0.1) is 0 Å². The second-order valence-corrected chi connectivity index (χ2v) is 6.83. The highest BCUT2D eigenvalue weighted by Gasteiger charge is 2.41. The van der Waals surface area contributed by atoms with Crippen molar-refractivity contribution in [2.45, 2.75) is 70.4 Å². The van der Waals surface area contributed by atoms with E-state index in [1.54, 1.807) is 0 Å². The molecule has 118 valence electrons.